The van der Waals surface area contributed by atoms with Gasteiger partial charge in [-0.1, -0.05) is 42.5 Å². The van der Waals surface area contributed by atoms with Gasteiger partial charge in [-0.05, 0) is 23.3 Å². The van der Waals surface area contributed by atoms with Gasteiger partial charge >= 0.3 is 5.69 Å². The van der Waals surface area contributed by atoms with Crippen LogP contribution in [0.25, 0.3) is 10.8 Å². The maximum absolute atomic E-state index is 11.6. The minimum atomic E-state index is -0.462. The summed E-state index contributed by atoms with van der Waals surface area (Å²) in [4.78, 5) is 28.0. The number of hydrogen-bond donors (Lipinski definition) is 2. The zero-order valence-electron chi connectivity index (χ0n) is 11.1. The Morgan fingerprint density at radius 2 is 1.70 bits per heavy atom. The van der Waals surface area contributed by atoms with Crippen molar-refractivity contribution in [3.63, 3.8) is 0 Å². The standard InChI is InChI=1S/C16H14N2O2/c1-10-14(17-16(20)18-15(10)19)9-12-7-4-6-11-5-2-3-8-13(11)12/h2-8H,9H2,1H3,(H2,17,18,19,20). The molecule has 0 atom stereocenters. The van der Waals surface area contributed by atoms with Crippen LogP contribution < -0.4 is 11.2 Å². The fraction of sp³-hybridized carbons (Fsp3) is 0.125. The van der Waals surface area contributed by atoms with Crippen molar-refractivity contribution < 1.29 is 0 Å². The van der Waals surface area contributed by atoms with E-state index in [0.717, 1.165) is 16.3 Å². The van der Waals surface area contributed by atoms with Crippen LogP contribution >= 0.6 is 0 Å². The molecule has 20 heavy (non-hydrogen) atoms. The van der Waals surface area contributed by atoms with E-state index in [0.29, 0.717) is 17.7 Å². The lowest BCUT2D eigenvalue weighted by Crippen LogP contribution is -2.26. The van der Waals surface area contributed by atoms with Gasteiger partial charge in [0.15, 0.2) is 0 Å². The van der Waals surface area contributed by atoms with Gasteiger partial charge < -0.3 is 4.98 Å². The number of H-pyrrole nitrogens is 2. The van der Waals surface area contributed by atoms with Crippen molar-refractivity contribution in [3.05, 3.63) is 80.1 Å². The summed E-state index contributed by atoms with van der Waals surface area (Å²) < 4.78 is 0. The largest absolute Gasteiger partial charge is 0.325 e. The summed E-state index contributed by atoms with van der Waals surface area (Å²) in [6.45, 7) is 1.72. The second kappa shape index (κ2) is 4.81. The lowest BCUT2D eigenvalue weighted by atomic mass is 9.99. The lowest BCUT2D eigenvalue weighted by molar-refractivity contribution is 0.927. The van der Waals surface area contributed by atoms with E-state index in [1.165, 1.54) is 0 Å². The third-order valence-corrected chi connectivity index (χ3v) is 3.53. The maximum atomic E-state index is 11.6. The van der Waals surface area contributed by atoms with Gasteiger partial charge in [-0.15, -0.1) is 0 Å². The Morgan fingerprint density at radius 3 is 2.55 bits per heavy atom. The van der Waals surface area contributed by atoms with Gasteiger partial charge in [-0.25, -0.2) is 4.79 Å². The topological polar surface area (TPSA) is 65.7 Å². The predicted molar refractivity (Wildman–Crippen MR) is 79.2 cm³/mol. The second-order valence-electron chi connectivity index (χ2n) is 4.83. The van der Waals surface area contributed by atoms with Gasteiger partial charge in [0.05, 0.1) is 0 Å². The van der Waals surface area contributed by atoms with Crippen LogP contribution in [0.5, 0.6) is 0 Å². The molecule has 0 saturated carbocycles. The minimum Gasteiger partial charge on any atom is -0.311 e. The van der Waals surface area contributed by atoms with Crippen LogP contribution in [0.3, 0.4) is 0 Å². The molecule has 0 saturated heterocycles. The fourth-order valence-electron chi connectivity index (χ4n) is 2.41. The van der Waals surface area contributed by atoms with Crippen LogP contribution in [0.2, 0.25) is 0 Å². The third kappa shape index (κ3) is 2.16. The van der Waals surface area contributed by atoms with E-state index >= 15 is 0 Å². The van der Waals surface area contributed by atoms with Crippen molar-refractivity contribution in [1.29, 1.82) is 0 Å². The molecule has 4 heteroatoms. The molecule has 1 aromatic heterocycles. The smallest absolute Gasteiger partial charge is 0.311 e. The van der Waals surface area contributed by atoms with Gasteiger partial charge in [0, 0.05) is 17.7 Å². The molecule has 1 heterocycles. The Labute approximate surface area is 115 Å². The number of fused-ring (bicyclic) bond motifs is 1. The van der Waals surface area contributed by atoms with Crippen LogP contribution in [0.15, 0.2) is 52.1 Å². The van der Waals surface area contributed by atoms with E-state index < -0.39 is 5.69 Å². The number of rotatable bonds is 2. The molecular weight excluding hydrogens is 252 g/mol. The molecule has 100 valence electrons. The Bertz CT molecular complexity index is 885. The first-order valence-electron chi connectivity index (χ1n) is 6.44. The molecule has 0 aliphatic rings. The molecule has 3 aromatic rings. The van der Waals surface area contributed by atoms with Crippen molar-refractivity contribution in [3.8, 4) is 0 Å². The number of nitrogens with one attached hydrogen (secondary N) is 2. The van der Waals surface area contributed by atoms with Gasteiger partial charge in [-0.2, -0.15) is 0 Å². The van der Waals surface area contributed by atoms with Gasteiger partial charge in [0.2, 0.25) is 0 Å². The Hall–Kier alpha value is -2.62. The Balaban J connectivity index is 2.15. The summed E-state index contributed by atoms with van der Waals surface area (Å²) in [5.74, 6) is 0. The quantitative estimate of drug-likeness (QED) is 0.746. The molecule has 0 spiro atoms. The molecule has 2 N–H and O–H groups in total. The van der Waals surface area contributed by atoms with Crippen molar-refractivity contribution in [1.82, 2.24) is 9.97 Å². The van der Waals surface area contributed by atoms with E-state index in [1.54, 1.807) is 6.92 Å². The first-order chi connectivity index (χ1) is 9.65. The van der Waals surface area contributed by atoms with E-state index in [9.17, 15) is 9.59 Å². The van der Waals surface area contributed by atoms with Crippen LogP contribution in [0.4, 0.5) is 0 Å². The van der Waals surface area contributed by atoms with Gasteiger partial charge in [-0.3, -0.25) is 9.78 Å². The fourth-order valence-corrected chi connectivity index (χ4v) is 2.41. The second-order valence-corrected chi connectivity index (χ2v) is 4.83. The number of aromatic amines is 2. The van der Waals surface area contributed by atoms with Crippen LogP contribution in [-0.2, 0) is 6.42 Å². The molecule has 0 fully saturated rings. The van der Waals surface area contributed by atoms with E-state index in [1.807, 2.05) is 42.5 Å². The highest BCUT2D eigenvalue weighted by Crippen LogP contribution is 2.20. The molecule has 0 amide bonds. The monoisotopic (exact) mass is 266 g/mol. The molecule has 3 rings (SSSR count). The first-order valence-corrected chi connectivity index (χ1v) is 6.44. The summed E-state index contributed by atoms with van der Waals surface area (Å²) in [6.07, 6.45) is 0.534. The van der Waals surface area contributed by atoms with Crippen LogP contribution in [0, 0.1) is 6.92 Å². The summed E-state index contributed by atoms with van der Waals surface area (Å²) >= 11 is 0. The summed E-state index contributed by atoms with van der Waals surface area (Å²) in [5, 5.41) is 2.28. The predicted octanol–water partition coefficient (Wildman–Crippen LogP) is 2.12. The van der Waals surface area contributed by atoms with Crippen molar-refractivity contribution in [2.24, 2.45) is 0 Å². The highest BCUT2D eigenvalue weighted by molar-refractivity contribution is 5.85. The zero-order chi connectivity index (χ0) is 14.1. The molecular formula is C16H14N2O2. The number of aromatic nitrogens is 2. The minimum absolute atomic E-state index is 0.330. The maximum Gasteiger partial charge on any atom is 0.325 e. The average Bonchev–Trinajstić information content (AvgIpc) is 2.44. The van der Waals surface area contributed by atoms with Gasteiger partial charge in [0.1, 0.15) is 0 Å². The number of benzene rings is 2. The summed E-state index contributed by atoms with van der Waals surface area (Å²) in [7, 11) is 0. The third-order valence-electron chi connectivity index (χ3n) is 3.53. The molecule has 0 aliphatic heterocycles. The SMILES string of the molecule is Cc1c(Cc2cccc3ccccc23)[nH]c(=O)[nH]c1=O. The van der Waals surface area contributed by atoms with Crippen molar-refractivity contribution in [2.45, 2.75) is 13.3 Å². The molecule has 0 unspecified atom stereocenters. The van der Waals surface area contributed by atoms with E-state index in [-0.39, 0.29) is 5.56 Å². The van der Waals surface area contributed by atoms with Crippen LogP contribution in [0.1, 0.15) is 16.8 Å². The van der Waals surface area contributed by atoms with E-state index in [4.69, 9.17) is 0 Å². The normalized spacial score (nSPS) is 10.8. The molecule has 0 radical (unpaired) electrons. The summed E-state index contributed by atoms with van der Waals surface area (Å²) in [5.41, 5.74) is 1.51. The zero-order valence-corrected chi connectivity index (χ0v) is 11.1. The summed E-state index contributed by atoms with van der Waals surface area (Å²) in [6, 6.07) is 14.1. The van der Waals surface area contributed by atoms with Crippen molar-refractivity contribution in [2.75, 3.05) is 0 Å². The van der Waals surface area contributed by atoms with Gasteiger partial charge in [0.25, 0.3) is 5.56 Å². The molecule has 0 bridgehead atoms. The Kier molecular flexibility index (Phi) is 2.99. The highest BCUT2D eigenvalue weighted by atomic mass is 16.2. The van der Waals surface area contributed by atoms with E-state index in [2.05, 4.69) is 9.97 Å². The lowest BCUT2D eigenvalue weighted by Gasteiger charge is -2.08. The average molecular weight is 266 g/mol. The molecule has 4 nitrogen and oxygen atoms in total. The number of hydrogen-bond acceptors (Lipinski definition) is 2. The highest BCUT2D eigenvalue weighted by Gasteiger charge is 2.07. The first kappa shape index (κ1) is 12.4. The molecule has 0 aliphatic carbocycles. The molecule has 2 aromatic carbocycles. The van der Waals surface area contributed by atoms with Crippen LogP contribution in [-0.4, -0.2) is 9.97 Å². The Morgan fingerprint density at radius 1 is 0.950 bits per heavy atom. The van der Waals surface area contributed by atoms with Crippen molar-refractivity contribution >= 4 is 10.8 Å².